The normalized spacial score (nSPS) is 26.3. The molecule has 2 saturated carbocycles. The molecule has 37 heavy (non-hydrogen) atoms. The molecule has 0 amide bonds. The molecule has 2 fully saturated rings. The Kier molecular flexibility index (Phi) is 8.45. The molecule has 0 saturated heterocycles. The van der Waals surface area contributed by atoms with E-state index in [0.717, 1.165) is 55.8 Å². The number of hydrogen-bond acceptors (Lipinski definition) is 4. The van der Waals surface area contributed by atoms with Gasteiger partial charge in [0.25, 0.3) is 0 Å². The Bertz CT molecular complexity index is 1080. The Morgan fingerprint density at radius 1 is 0.946 bits per heavy atom. The second kappa shape index (κ2) is 12.1. The summed E-state index contributed by atoms with van der Waals surface area (Å²) in [6, 6.07) is 17.0. The number of rotatable bonds is 5. The Morgan fingerprint density at radius 2 is 1.59 bits per heavy atom. The van der Waals surface area contributed by atoms with Crippen molar-refractivity contribution in [3.05, 3.63) is 65.2 Å². The van der Waals surface area contributed by atoms with Gasteiger partial charge in [-0.3, -0.25) is 0 Å². The summed E-state index contributed by atoms with van der Waals surface area (Å²) < 4.78 is 5.04. The van der Waals surface area contributed by atoms with Crippen LogP contribution in [0.25, 0.3) is 0 Å². The molecule has 0 atom stereocenters. The van der Waals surface area contributed by atoms with Crippen molar-refractivity contribution in [3.8, 4) is 0 Å². The third kappa shape index (κ3) is 6.53. The number of para-hydroxylation sites is 1. The molecule has 2 aromatic rings. The van der Waals surface area contributed by atoms with Gasteiger partial charge in [-0.05, 0) is 99.3 Å². The van der Waals surface area contributed by atoms with Crippen LogP contribution in [0.3, 0.4) is 0 Å². The highest BCUT2D eigenvalue weighted by molar-refractivity contribution is 6.02. The number of fused-ring (bicyclic) bond motifs is 1. The van der Waals surface area contributed by atoms with E-state index in [-0.39, 0.29) is 5.97 Å². The highest BCUT2D eigenvalue weighted by Crippen LogP contribution is 2.36. The monoisotopic (exact) mass is 502 g/mol. The summed E-state index contributed by atoms with van der Waals surface area (Å²) in [4.78, 5) is 20.1. The van der Waals surface area contributed by atoms with E-state index in [9.17, 15) is 4.79 Å². The van der Waals surface area contributed by atoms with Crippen molar-refractivity contribution in [1.82, 2.24) is 4.90 Å². The van der Waals surface area contributed by atoms with Crippen molar-refractivity contribution >= 4 is 17.6 Å². The van der Waals surface area contributed by atoms with Gasteiger partial charge in [-0.1, -0.05) is 36.4 Å². The zero-order valence-electron chi connectivity index (χ0n) is 22.2. The molecule has 0 radical (unpaired) electrons. The third-order valence-electron chi connectivity index (χ3n) is 8.69. The predicted molar refractivity (Wildman–Crippen MR) is 150 cm³/mol. The molecule has 3 N–H and O–H groups in total. The van der Waals surface area contributed by atoms with Gasteiger partial charge in [-0.15, -0.1) is 0 Å². The van der Waals surface area contributed by atoms with E-state index in [2.05, 4.69) is 34.5 Å². The summed E-state index contributed by atoms with van der Waals surface area (Å²) >= 11 is 0. The average Bonchev–Trinajstić information content (AvgIpc) is 2.94. The van der Waals surface area contributed by atoms with Gasteiger partial charge in [-0.25, -0.2) is 9.79 Å². The first-order valence-electron chi connectivity index (χ1n) is 14.2. The predicted octanol–water partition coefficient (Wildman–Crippen LogP) is 5.77. The summed E-state index contributed by atoms with van der Waals surface area (Å²) in [5, 5.41) is 3.55. The first-order valence-corrected chi connectivity index (χ1v) is 14.2. The summed E-state index contributed by atoms with van der Waals surface area (Å²) in [5.74, 6) is 2.22. The van der Waals surface area contributed by atoms with Crippen LogP contribution in [-0.4, -0.2) is 42.6 Å². The van der Waals surface area contributed by atoms with Crippen LogP contribution in [0.2, 0.25) is 0 Å². The van der Waals surface area contributed by atoms with Crippen molar-refractivity contribution in [3.63, 3.8) is 0 Å². The molecule has 6 heteroatoms. The molecule has 0 bridgehead atoms. The minimum atomic E-state index is -0.337. The fraction of sp³-hybridized carbons (Fsp3) is 0.548. The highest BCUT2D eigenvalue weighted by atomic mass is 16.5. The van der Waals surface area contributed by atoms with Crippen LogP contribution in [0.15, 0.2) is 53.5 Å². The van der Waals surface area contributed by atoms with Crippen LogP contribution in [0, 0.1) is 11.8 Å². The third-order valence-corrected chi connectivity index (χ3v) is 8.69. The molecule has 6 nitrogen and oxygen atoms in total. The van der Waals surface area contributed by atoms with Crippen LogP contribution in [0.1, 0.15) is 79.3 Å². The second-order valence-corrected chi connectivity index (χ2v) is 11.2. The second-order valence-electron chi connectivity index (χ2n) is 11.2. The number of anilines is 1. The lowest BCUT2D eigenvalue weighted by atomic mass is 9.76. The Hall–Kier alpha value is -2.86. The number of nitrogens with zero attached hydrogens (tertiary/aromatic N) is 2. The van der Waals surface area contributed by atoms with Crippen molar-refractivity contribution in [2.24, 2.45) is 22.6 Å². The van der Waals surface area contributed by atoms with E-state index in [0.29, 0.717) is 17.6 Å². The molecule has 0 spiro atoms. The summed E-state index contributed by atoms with van der Waals surface area (Å²) in [6.07, 6.45) is 12.1. The number of aliphatic imine (C=N–C) groups is 1. The maximum Gasteiger partial charge on any atom is 0.339 e. The number of methoxy groups -OCH3 is 1. The smallest absolute Gasteiger partial charge is 0.339 e. The summed E-state index contributed by atoms with van der Waals surface area (Å²) in [6.45, 7) is 1.73. The Balaban J connectivity index is 1.30. The number of nitrogens with two attached hydrogens (primary N) is 1. The van der Waals surface area contributed by atoms with Crippen molar-refractivity contribution in [1.29, 1.82) is 0 Å². The molecule has 2 aliphatic carbocycles. The zero-order valence-corrected chi connectivity index (χ0v) is 22.2. The van der Waals surface area contributed by atoms with Crippen LogP contribution >= 0.6 is 0 Å². The maximum atomic E-state index is 12.4. The van der Waals surface area contributed by atoms with Crippen LogP contribution in [0.4, 0.5) is 5.69 Å². The van der Waals surface area contributed by atoms with E-state index in [1.807, 2.05) is 18.2 Å². The van der Waals surface area contributed by atoms with E-state index >= 15 is 0 Å². The van der Waals surface area contributed by atoms with E-state index in [1.165, 1.54) is 63.2 Å². The van der Waals surface area contributed by atoms with Gasteiger partial charge in [0.15, 0.2) is 5.96 Å². The number of carbonyl (C=O) groups excluding carboxylic acids is 1. The van der Waals surface area contributed by atoms with Gasteiger partial charge in [0.05, 0.1) is 24.4 Å². The lowest BCUT2D eigenvalue weighted by molar-refractivity contribution is 0.0602. The summed E-state index contributed by atoms with van der Waals surface area (Å²) in [7, 11) is 1.43. The molecular weight excluding hydrogens is 460 g/mol. The molecule has 1 aliphatic heterocycles. The Labute approximate surface area is 221 Å². The van der Waals surface area contributed by atoms with Crippen LogP contribution < -0.4 is 11.1 Å². The molecule has 0 unspecified atom stereocenters. The number of guanidine groups is 1. The van der Waals surface area contributed by atoms with Gasteiger partial charge in [0, 0.05) is 19.1 Å². The number of esters is 1. The number of benzene rings is 2. The number of ether oxygens (including phenoxy) is 1. The van der Waals surface area contributed by atoms with Gasteiger partial charge >= 0.3 is 5.97 Å². The van der Waals surface area contributed by atoms with Crippen molar-refractivity contribution in [2.75, 3.05) is 19.0 Å². The molecule has 3 aliphatic rings. The molecule has 2 aromatic carbocycles. The minimum absolute atomic E-state index is 0.306. The Morgan fingerprint density at radius 3 is 2.32 bits per heavy atom. The van der Waals surface area contributed by atoms with Gasteiger partial charge in [0.2, 0.25) is 0 Å². The topological polar surface area (TPSA) is 79.9 Å². The van der Waals surface area contributed by atoms with Crippen LogP contribution in [0.5, 0.6) is 0 Å². The van der Waals surface area contributed by atoms with E-state index in [1.54, 1.807) is 6.07 Å². The van der Waals surface area contributed by atoms with Crippen LogP contribution in [-0.2, 0) is 17.7 Å². The van der Waals surface area contributed by atoms with Gasteiger partial charge in [-0.2, -0.15) is 0 Å². The largest absolute Gasteiger partial charge is 0.465 e. The molecular formula is C31H42N4O2. The quantitative estimate of drug-likeness (QED) is 0.308. The highest BCUT2D eigenvalue weighted by Gasteiger charge is 2.28. The summed E-state index contributed by atoms with van der Waals surface area (Å²) in [5.41, 5.74) is 10.2. The van der Waals surface area contributed by atoms with E-state index < -0.39 is 0 Å². The fourth-order valence-corrected chi connectivity index (χ4v) is 6.45. The van der Waals surface area contributed by atoms with E-state index in [4.69, 9.17) is 15.5 Å². The molecule has 0 aromatic heterocycles. The lowest BCUT2D eigenvalue weighted by Gasteiger charge is -2.35. The average molecular weight is 503 g/mol. The maximum absolute atomic E-state index is 12.4. The van der Waals surface area contributed by atoms with Gasteiger partial charge in [0.1, 0.15) is 0 Å². The number of hydrogen-bond donors (Lipinski definition) is 2. The number of nitrogens with one attached hydrogen (secondary N) is 1. The fourth-order valence-electron chi connectivity index (χ4n) is 6.45. The first-order chi connectivity index (χ1) is 18.1. The van der Waals surface area contributed by atoms with Gasteiger partial charge < -0.3 is 20.7 Å². The zero-order chi connectivity index (χ0) is 25.6. The lowest BCUT2D eigenvalue weighted by Crippen LogP contribution is -2.41. The number of carbonyl (C=O) groups is 1. The molecule has 1 heterocycles. The van der Waals surface area contributed by atoms with Crippen molar-refractivity contribution < 1.29 is 9.53 Å². The SMILES string of the molecule is COC(=O)c1ccccc1NC(=NC1CCC(CC2CCC(N)CC2)CC1)N1CCc2ccccc2C1. The van der Waals surface area contributed by atoms with Crippen molar-refractivity contribution in [2.45, 2.75) is 82.8 Å². The standard InChI is InChI=1S/C31H42N4O2/c1-37-30(36)28-8-4-5-9-29(28)34-31(35-19-18-24-6-2-3-7-25(24)21-35)33-27-16-12-23(13-17-27)20-22-10-14-26(32)15-11-22/h2-9,22-23,26-27H,10-21,32H2,1H3,(H,33,34). The minimum Gasteiger partial charge on any atom is -0.465 e. The molecule has 5 rings (SSSR count). The first kappa shape index (κ1) is 25.8. The molecule has 198 valence electrons.